The second-order valence-electron chi connectivity index (χ2n) is 3.67. The minimum Gasteiger partial charge on any atom is -0.399 e. The van der Waals surface area contributed by atoms with Crippen molar-refractivity contribution in [2.45, 2.75) is 26.6 Å². The molecule has 16 heavy (non-hydrogen) atoms. The highest BCUT2D eigenvalue weighted by Crippen LogP contribution is 2.12. The van der Waals surface area contributed by atoms with Crippen molar-refractivity contribution in [2.24, 2.45) is 0 Å². The molecule has 0 aliphatic carbocycles. The summed E-state index contributed by atoms with van der Waals surface area (Å²) in [6.45, 7) is 5.40. The zero-order valence-corrected chi connectivity index (χ0v) is 9.70. The van der Waals surface area contributed by atoms with Gasteiger partial charge in [0.1, 0.15) is 5.82 Å². The van der Waals surface area contributed by atoms with Crippen molar-refractivity contribution in [3.05, 3.63) is 29.6 Å². The maximum atomic E-state index is 13.0. The van der Waals surface area contributed by atoms with Crippen LogP contribution in [0.25, 0.3) is 0 Å². The van der Waals surface area contributed by atoms with E-state index in [0.717, 1.165) is 5.56 Å². The van der Waals surface area contributed by atoms with Crippen LogP contribution in [-0.2, 0) is 16.1 Å². The third-order valence-electron chi connectivity index (χ3n) is 2.07. The molecule has 1 aromatic rings. The number of hydrogen-bond donors (Lipinski definition) is 1. The fourth-order valence-corrected chi connectivity index (χ4v) is 1.33. The molecule has 1 atom stereocenters. The molecular formula is C12H18FNO2. The van der Waals surface area contributed by atoms with Crippen molar-refractivity contribution < 1.29 is 13.9 Å². The lowest BCUT2D eigenvalue weighted by atomic mass is 10.2. The quantitative estimate of drug-likeness (QED) is 0.759. The molecule has 0 aliphatic heterocycles. The van der Waals surface area contributed by atoms with E-state index in [-0.39, 0.29) is 11.9 Å². The Morgan fingerprint density at radius 1 is 1.38 bits per heavy atom. The monoisotopic (exact) mass is 227 g/mol. The molecule has 2 N–H and O–H groups in total. The van der Waals surface area contributed by atoms with Crippen LogP contribution in [-0.4, -0.2) is 19.3 Å². The molecule has 0 aromatic heterocycles. The first-order chi connectivity index (χ1) is 7.61. The predicted octanol–water partition coefficient (Wildman–Crippen LogP) is 2.35. The molecular weight excluding hydrogens is 209 g/mol. The number of benzene rings is 1. The van der Waals surface area contributed by atoms with Gasteiger partial charge in [-0.15, -0.1) is 0 Å². The summed E-state index contributed by atoms with van der Waals surface area (Å²) in [7, 11) is 0. The van der Waals surface area contributed by atoms with Crippen molar-refractivity contribution in [1.29, 1.82) is 0 Å². The van der Waals surface area contributed by atoms with Gasteiger partial charge in [-0.3, -0.25) is 0 Å². The Balaban J connectivity index is 2.41. The Labute approximate surface area is 95.4 Å². The van der Waals surface area contributed by atoms with E-state index >= 15 is 0 Å². The van der Waals surface area contributed by atoms with E-state index in [1.54, 1.807) is 6.07 Å². The number of hydrogen-bond acceptors (Lipinski definition) is 3. The molecule has 0 bridgehead atoms. The van der Waals surface area contributed by atoms with Crippen LogP contribution < -0.4 is 5.73 Å². The molecule has 0 amide bonds. The minimum atomic E-state index is -0.337. The van der Waals surface area contributed by atoms with Gasteiger partial charge in [0.2, 0.25) is 0 Å². The van der Waals surface area contributed by atoms with E-state index in [2.05, 4.69) is 0 Å². The molecule has 0 aliphatic rings. The molecule has 4 heteroatoms. The number of rotatable bonds is 6. The van der Waals surface area contributed by atoms with Crippen LogP contribution in [0.15, 0.2) is 18.2 Å². The lowest BCUT2D eigenvalue weighted by Crippen LogP contribution is -2.15. The molecule has 0 spiro atoms. The lowest BCUT2D eigenvalue weighted by Gasteiger charge is -2.13. The summed E-state index contributed by atoms with van der Waals surface area (Å²) in [4.78, 5) is 0. The van der Waals surface area contributed by atoms with Crippen molar-refractivity contribution in [3.8, 4) is 0 Å². The molecule has 3 nitrogen and oxygen atoms in total. The zero-order chi connectivity index (χ0) is 12.0. The number of nitrogen functional groups attached to an aromatic ring is 1. The Morgan fingerprint density at radius 2 is 2.12 bits per heavy atom. The van der Waals surface area contributed by atoms with Gasteiger partial charge in [0.15, 0.2) is 0 Å². The van der Waals surface area contributed by atoms with Crippen molar-refractivity contribution >= 4 is 5.69 Å². The summed E-state index contributed by atoms with van der Waals surface area (Å²) >= 11 is 0. The first-order valence-corrected chi connectivity index (χ1v) is 5.36. The lowest BCUT2D eigenvalue weighted by molar-refractivity contribution is -0.0117. The van der Waals surface area contributed by atoms with E-state index in [0.29, 0.717) is 25.5 Å². The highest BCUT2D eigenvalue weighted by Gasteiger charge is 2.04. The summed E-state index contributed by atoms with van der Waals surface area (Å²) in [6.07, 6.45) is -0.00978. The largest absolute Gasteiger partial charge is 0.399 e. The van der Waals surface area contributed by atoms with Crippen LogP contribution in [0, 0.1) is 5.82 Å². The second-order valence-corrected chi connectivity index (χ2v) is 3.67. The SMILES string of the molecule is CCOCC(C)OCc1cc(N)cc(F)c1. The fraction of sp³-hybridized carbons (Fsp3) is 0.500. The van der Waals surface area contributed by atoms with E-state index in [1.165, 1.54) is 12.1 Å². The number of nitrogens with two attached hydrogens (primary N) is 1. The number of ether oxygens (including phenoxy) is 2. The van der Waals surface area contributed by atoms with Gasteiger partial charge in [-0.2, -0.15) is 0 Å². The molecule has 0 heterocycles. The van der Waals surface area contributed by atoms with Crippen LogP contribution in [0.3, 0.4) is 0 Å². The fourth-order valence-electron chi connectivity index (χ4n) is 1.33. The Morgan fingerprint density at radius 3 is 2.75 bits per heavy atom. The first kappa shape index (κ1) is 12.9. The highest BCUT2D eigenvalue weighted by atomic mass is 19.1. The van der Waals surface area contributed by atoms with Gasteiger partial charge in [0.25, 0.3) is 0 Å². The standard InChI is InChI=1S/C12H18FNO2/c1-3-15-7-9(2)16-8-10-4-11(13)6-12(14)5-10/h4-6,9H,3,7-8,14H2,1-2H3. The van der Waals surface area contributed by atoms with E-state index in [9.17, 15) is 4.39 Å². The van der Waals surface area contributed by atoms with Crippen LogP contribution >= 0.6 is 0 Å². The average molecular weight is 227 g/mol. The van der Waals surface area contributed by atoms with Gasteiger partial charge in [0.05, 0.1) is 19.3 Å². The number of anilines is 1. The predicted molar refractivity (Wildman–Crippen MR) is 61.6 cm³/mol. The van der Waals surface area contributed by atoms with Gasteiger partial charge < -0.3 is 15.2 Å². The highest BCUT2D eigenvalue weighted by molar-refractivity contribution is 5.41. The van der Waals surface area contributed by atoms with Crippen molar-refractivity contribution in [1.82, 2.24) is 0 Å². The van der Waals surface area contributed by atoms with Gasteiger partial charge >= 0.3 is 0 Å². The smallest absolute Gasteiger partial charge is 0.125 e. The van der Waals surface area contributed by atoms with E-state index < -0.39 is 0 Å². The van der Waals surface area contributed by atoms with Gasteiger partial charge in [-0.25, -0.2) is 4.39 Å². The Hall–Kier alpha value is -1.13. The first-order valence-electron chi connectivity index (χ1n) is 5.36. The Kier molecular flexibility index (Phi) is 5.22. The Bertz CT molecular complexity index is 311. The molecule has 0 radical (unpaired) electrons. The average Bonchev–Trinajstić information content (AvgIpc) is 2.22. The summed E-state index contributed by atoms with van der Waals surface area (Å²) in [5.74, 6) is -0.337. The summed E-state index contributed by atoms with van der Waals surface area (Å²) in [5, 5.41) is 0. The zero-order valence-electron chi connectivity index (χ0n) is 9.70. The normalized spacial score (nSPS) is 12.7. The van der Waals surface area contributed by atoms with Gasteiger partial charge in [-0.05, 0) is 37.6 Å². The van der Waals surface area contributed by atoms with E-state index in [1.807, 2.05) is 13.8 Å². The van der Waals surface area contributed by atoms with Crippen LogP contribution in [0.5, 0.6) is 0 Å². The molecule has 0 saturated heterocycles. The van der Waals surface area contributed by atoms with Gasteiger partial charge in [-0.1, -0.05) is 0 Å². The van der Waals surface area contributed by atoms with Crippen LogP contribution in [0.1, 0.15) is 19.4 Å². The molecule has 1 aromatic carbocycles. The van der Waals surface area contributed by atoms with Crippen molar-refractivity contribution in [2.75, 3.05) is 18.9 Å². The maximum absolute atomic E-state index is 13.0. The summed E-state index contributed by atoms with van der Waals surface area (Å²) in [5.41, 5.74) is 6.68. The van der Waals surface area contributed by atoms with Gasteiger partial charge in [0, 0.05) is 12.3 Å². The van der Waals surface area contributed by atoms with Crippen molar-refractivity contribution in [3.63, 3.8) is 0 Å². The second kappa shape index (κ2) is 6.45. The third kappa shape index (κ3) is 4.59. The molecule has 0 saturated carbocycles. The summed E-state index contributed by atoms with van der Waals surface area (Å²) < 4.78 is 23.7. The molecule has 1 unspecified atom stereocenters. The third-order valence-corrected chi connectivity index (χ3v) is 2.07. The van der Waals surface area contributed by atoms with E-state index in [4.69, 9.17) is 15.2 Å². The molecule has 0 fully saturated rings. The number of halogens is 1. The molecule has 1 rings (SSSR count). The topological polar surface area (TPSA) is 44.5 Å². The molecule has 90 valence electrons. The minimum absolute atomic E-state index is 0.00978. The van der Waals surface area contributed by atoms with Crippen LogP contribution in [0.2, 0.25) is 0 Å². The maximum Gasteiger partial charge on any atom is 0.125 e. The summed E-state index contributed by atoms with van der Waals surface area (Å²) in [6, 6.07) is 4.41. The van der Waals surface area contributed by atoms with Crippen LogP contribution in [0.4, 0.5) is 10.1 Å².